The molecule has 1 aliphatic heterocycles. The van der Waals surface area contributed by atoms with E-state index in [2.05, 4.69) is 16.7 Å². The first-order valence-corrected chi connectivity index (χ1v) is 8.93. The Morgan fingerprint density at radius 3 is 2.38 bits per heavy atom. The van der Waals surface area contributed by atoms with Crippen LogP contribution >= 0.6 is 0 Å². The van der Waals surface area contributed by atoms with Crippen molar-refractivity contribution < 1.29 is 4.79 Å². The van der Waals surface area contributed by atoms with E-state index in [0.717, 1.165) is 45.2 Å². The molecule has 1 heterocycles. The Hall–Kier alpha value is -2.11. The molecule has 24 heavy (non-hydrogen) atoms. The smallest absolute Gasteiger partial charge is 0.253 e. The summed E-state index contributed by atoms with van der Waals surface area (Å²) in [6.07, 6.45) is 10.0. The van der Waals surface area contributed by atoms with Crippen molar-refractivity contribution in [2.75, 3.05) is 36.8 Å². The van der Waals surface area contributed by atoms with Gasteiger partial charge in [-0.05, 0) is 44.9 Å². The maximum absolute atomic E-state index is 12.0. The maximum Gasteiger partial charge on any atom is 0.253 e. The number of allylic oxidation sites excluding steroid dienone is 1. The average Bonchev–Trinajstić information content (AvgIpc) is 3.15. The first kappa shape index (κ1) is 16.7. The van der Waals surface area contributed by atoms with E-state index in [1.54, 1.807) is 4.90 Å². The summed E-state index contributed by atoms with van der Waals surface area (Å²) in [6.45, 7) is 2.29. The standard InChI is InChI=1S/C18H25N3O3/c22-14(21-10-4-5-11-21)12-20-16-15(17(23)18(16)24)19-9-8-13-6-2-1-3-7-13/h6,19-20H,1-5,7-12H2. The number of amides is 1. The summed E-state index contributed by atoms with van der Waals surface area (Å²) in [6, 6.07) is 0. The van der Waals surface area contributed by atoms with E-state index in [4.69, 9.17) is 0 Å². The Morgan fingerprint density at radius 2 is 1.71 bits per heavy atom. The number of carbonyl (C=O) groups excluding carboxylic acids is 1. The van der Waals surface area contributed by atoms with Crippen LogP contribution in [0.3, 0.4) is 0 Å². The molecule has 0 atom stereocenters. The van der Waals surface area contributed by atoms with Crippen LogP contribution in [0, 0.1) is 0 Å². The summed E-state index contributed by atoms with van der Waals surface area (Å²) in [7, 11) is 0. The van der Waals surface area contributed by atoms with Crippen molar-refractivity contribution in [3.05, 3.63) is 32.1 Å². The number of anilines is 2. The molecule has 0 radical (unpaired) electrons. The molecule has 1 fully saturated rings. The van der Waals surface area contributed by atoms with Crippen molar-refractivity contribution in [1.29, 1.82) is 0 Å². The number of carbonyl (C=O) groups is 1. The third kappa shape index (κ3) is 3.68. The van der Waals surface area contributed by atoms with E-state index in [-0.39, 0.29) is 18.1 Å². The van der Waals surface area contributed by atoms with E-state index >= 15 is 0 Å². The summed E-state index contributed by atoms with van der Waals surface area (Å²) < 4.78 is 0. The van der Waals surface area contributed by atoms with E-state index in [1.807, 2.05) is 0 Å². The van der Waals surface area contributed by atoms with Crippen LogP contribution in [0.25, 0.3) is 0 Å². The molecule has 6 heteroatoms. The fourth-order valence-electron chi connectivity index (χ4n) is 3.45. The van der Waals surface area contributed by atoms with E-state index in [1.165, 1.54) is 18.4 Å². The Balaban J connectivity index is 1.50. The molecule has 0 saturated carbocycles. The number of hydrogen-bond donors (Lipinski definition) is 2. The van der Waals surface area contributed by atoms with Gasteiger partial charge in [0.05, 0.1) is 6.54 Å². The largest absolute Gasteiger partial charge is 0.380 e. The second-order valence-electron chi connectivity index (χ2n) is 6.63. The van der Waals surface area contributed by atoms with Crippen molar-refractivity contribution in [1.82, 2.24) is 4.90 Å². The average molecular weight is 331 g/mol. The molecular weight excluding hydrogens is 306 g/mol. The van der Waals surface area contributed by atoms with E-state index in [0.29, 0.717) is 12.2 Å². The third-order valence-corrected chi connectivity index (χ3v) is 4.92. The number of rotatable bonds is 7. The second kappa shape index (κ2) is 7.64. The predicted molar refractivity (Wildman–Crippen MR) is 95.3 cm³/mol. The molecule has 1 amide bonds. The van der Waals surface area contributed by atoms with Gasteiger partial charge in [-0.15, -0.1) is 0 Å². The molecule has 1 aromatic rings. The van der Waals surface area contributed by atoms with E-state index < -0.39 is 10.9 Å². The van der Waals surface area contributed by atoms with Crippen LogP contribution in [0.5, 0.6) is 0 Å². The van der Waals surface area contributed by atoms with Gasteiger partial charge in [-0.25, -0.2) is 0 Å². The Labute approximate surface area is 141 Å². The lowest BCUT2D eigenvalue weighted by atomic mass is 9.97. The summed E-state index contributed by atoms with van der Waals surface area (Å²) >= 11 is 0. The quantitative estimate of drug-likeness (QED) is 0.586. The molecule has 0 aromatic heterocycles. The number of nitrogens with zero attached hydrogens (tertiary/aromatic N) is 1. The lowest BCUT2D eigenvalue weighted by Gasteiger charge is -2.19. The van der Waals surface area contributed by atoms with Crippen LogP contribution in [0.2, 0.25) is 0 Å². The molecule has 130 valence electrons. The van der Waals surface area contributed by atoms with Crippen molar-refractivity contribution in [3.63, 3.8) is 0 Å². The highest BCUT2D eigenvalue weighted by Gasteiger charge is 2.23. The molecule has 2 aliphatic rings. The topological polar surface area (TPSA) is 78.5 Å². The van der Waals surface area contributed by atoms with Gasteiger partial charge in [-0.2, -0.15) is 0 Å². The van der Waals surface area contributed by atoms with Gasteiger partial charge >= 0.3 is 0 Å². The van der Waals surface area contributed by atoms with Gasteiger partial charge in [-0.1, -0.05) is 11.6 Å². The first-order chi connectivity index (χ1) is 11.7. The van der Waals surface area contributed by atoms with Gasteiger partial charge in [0.15, 0.2) is 0 Å². The molecule has 1 saturated heterocycles. The maximum atomic E-state index is 12.0. The SMILES string of the molecule is O=C(CNc1c(NCCC2=CCCCC2)c(=O)c1=O)N1CCCC1. The molecule has 6 nitrogen and oxygen atoms in total. The zero-order valence-electron chi connectivity index (χ0n) is 14.0. The first-order valence-electron chi connectivity index (χ1n) is 8.93. The fourth-order valence-corrected chi connectivity index (χ4v) is 3.45. The lowest BCUT2D eigenvalue weighted by molar-refractivity contribution is -0.128. The van der Waals surface area contributed by atoms with Crippen LogP contribution in [0.4, 0.5) is 11.4 Å². The van der Waals surface area contributed by atoms with Crippen molar-refractivity contribution >= 4 is 17.3 Å². The highest BCUT2D eigenvalue weighted by molar-refractivity contribution is 5.84. The summed E-state index contributed by atoms with van der Waals surface area (Å²) in [5.41, 5.74) is 1.02. The monoisotopic (exact) mass is 331 g/mol. The Bertz CT molecular complexity index is 695. The number of hydrogen-bond acceptors (Lipinski definition) is 5. The van der Waals surface area contributed by atoms with Crippen LogP contribution in [-0.2, 0) is 4.79 Å². The van der Waals surface area contributed by atoms with Gasteiger partial charge in [0.2, 0.25) is 5.91 Å². The third-order valence-electron chi connectivity index (χ3n) is 4.92. The molecule has 0 unspecified atom stereocenters. The molecule has 1 aliphatic carbocycles. The Morgan fingerprint density at radius 1 is 1.00 bits per heavy atom. The summed E-state index contributed by atoms with van der Waals surface area (Å²) in [5.74, 6) is -0.0149. The Kier molecular flexibility index (Phi) is 5.33. The molecule has 3 rings (SSSR count). The highest BCUT2D eigenvalue weighted by atomic mass is 16.2. The van der Waals surface area contributed by atoms with Crippen LogP contribution < -0.4 is 21.5 Å². The van der Waals surface area contributed by atoms with Crippen molar-refractivity contribution in [2.24, 2.45) is 0 Å². The van der Waals surface area contributed by atoms with Gasteiger partial charge in [0.25, 0.3) is 10.9 Å². The molecule has 1 aromatic carbocycles. The minimum absolute atomic E-state index is 0.0149. The highest BCUT2D eigenvalue weighted by Crippen LogP contribution is 2.21. The minimum atomic E-state index is -0.524. The van der Waals surface area contributed by atoms with Crippen LogP contribution in [0.15, 0.2) is 21.2 Å². The van der Waals surface area contributed by atoms with Crippen molar-refractivity contribution in [3.8, 4) is 0 Å². The molecular formula is C18H25N3O3. The van der Waals surface area contributed by atoms with Crippen LogP contribution in [0.1, 0.15) is 44.9 Å². The predicted octanol–water partition coefficient (Wildman–Crippen LogP) is 1.62. The van der Waals surface area contributed by atoms with Gasteiger partial charge in [-0.3, -0.25) is 14.4 Å². The zero-order valence-corrected chi connectivity index (χ0v) is 14.0. The minimum Gasteiger partial charge on any atom is -0.380 e. The molecule has 0 spiro atoms. The van der Waals surface area contributed by atoms with Gasteiger partial charge in [0.1, 0.15) is 11.4 Å². The summed E-state index contributed by atoms with van der Waals surface area (Å²) in [5, 5.41) is 5.93. The van der Waals surface area contributed by atoms with Gasteiger partial charge < -0.3 is 15.5 Å². The number of nitrogens with one attached hydrogen (secondary N) is 2. The second-order valence-corrected chi connectivity index (χ2v) is 6.63. The fraction of sp³-hybridized carbons (Fsp3) is 0.611. The number of likely N-dealkylation sites (tertiary alicyclic amines) is 1. The van der Waals surface area contributed by atoms with E-state index in [9.17, 15) is 14.4 Å². The van der Waals surface area contributed by atoms with Crippen molar-refractivity contribution in [2.45, 2.75) is 44.9 Å². The summed E-state index contributed by atoms with van der Waals surface area (Å²) in [4.78, 5) is 37.3. The van der Waals surface area contributed by atoms with Gasteiger partial charge in [0, 0.05) is 19.6 Å². The molecule has 0 bridgehead atoms. The lowest BCUT2D eigenvalue weighted by Crippen LogP contribution is -2.40. The molecule has 2 N–H and O–H groups in total. The van der Waals surface area contributed by atoms with Crippen LogP contribution in [-0.4, -0.2) is 37.0 Å². The normalized spacial score (nSPS) is 17.8. The zero-order chi connectivity index (χ0) is 16.9.